The molecular weight excluding hydrogens is 346 g/mol. The molecule has 1 aliphatic heterocycles. The third-order valence-corrected chi connectivity index (χ3v) is 5.46. The molecule has 0 aliphatic carbocycles. The Morgan fingerprint density at radius 1 is 1.40 bits per heavy atom. The number of benzene rings is 1. The van der Waals surface area contributed by atoms with Crippen molar-refractivity contribution in [2.75, 3.05) is 24.2 Å². The summed E-state index contributed by atoms with van der Waals surface area (Å²) in [4.78, 5) is 12.6. The fourth-order valence-electron chi connectivity index (χ4n) is 3.28. The van der Waals surface area contributed by atoms with E-state index in [-0.39, 0.29) is 16.5 Å². The van der Waals surface area contributed by atoms with Crippen molar-refractivity contribution < 1.29 is 13.3 Å². The summed E-state index contributed by atoms with van der Waals surface area (Å²) < 4.78 is 25.6. The number of rotatable bonds is 5. The summed E-state index contributed by atoms with van der Waals surface area (Å²) in [6, 6.07) is 4.46. The van der Waals surface area contributed by atoms with Gasteiger partial charge >= 0.3 is 5.69 Å². The average Bonchev–Trinajstić information content (AvgIpc) is 3.06. The van der Waals surface area contributed by atoms with Crippen LogP contribution in [-0.2, 0) is 16.4 Å². The highest BCUT2D eigenvalue weighted by atomic mass is 32.2. The lowest BCUT2D eigenvalue weighted by molar-refractivity contribution is -0.387. The van der Waals surface area contributed by atoms with Gasteiger partial charge in [-0.05, 0) is 30.9 Å². The standard InChI is InChI=1S/C15H19N5O4S/c1-25(23,24)14-6-2-5-13(15(14)20(21)22)18-8-3-4-12(10-18)11-19-9-7-16-17-19/h2,5-7,9,12H,3-4,8,10-11H2,1H3. The van der Waals surface area contributed by atoms with Crippen molar-refractivity contribution in [1.82, 2.24) is 15.0 Å². The van der Waals surface area contributed by atoms with Crippen LogP contribution in [0.25, 0.3) is 0 Å². The van der Waals surface area contributed by atoms with Crippen LogP contribution >= 0.6 is 0 Å². The van der Waals surface area contributed by atoms with Crippen LogP contribution in [-0.4, -0.2) is 47.7 Å². The first-order valence-electron chi connectivity index (χ1n) is 7.93. The maximum absolute atomic E-state index is 11.9. The number of piperidine rings is 1. The summed E-state index contributed by atoms with van der Waals surface area (Å²) in [7, 11) is -3.68. The van der Waals surface area contributed by atoms with E-state index >= 15 is 0 Å². The summed E-state index contributed by atoms with van der Waals surface area (Å²) in [5, 5.41) is 19.3. The minimum atomic E-state index is -3.68. The molecule has 10 heteroatoms. The van der Waals surface area contributed by atoms with Crippen LogP contribution < -0.4 is 4.90 Å². The first-order valence-corrected chi connectivity index (χ1v) is 9.82. The molecule has 2 aromatic rings. The number of sulfone groups is 1. The van der Waals surface area contributed by atoms with Crippen LogP contribution in [0.5, 0.6) is 0 Å². The summed E-state index contributed by atoms with van der Waals surface area (Å²) in [5.74, 6) is 0.261. The van der Waals surface area contributed by atoms with Gasteiger partial charge in [0.05, 0.1) is 11.1 Å². The molecule has 0 bridgehead atoms. The van der Waals surface area contributed by atoms with E-state index < -0.39 is 14.8 Å². The van der Waals surface area contributed by atoms with Crippen LogP contribution in [0, 0.1) is 16.0 Å². The molecule has 1 unspecified atom stereocenters. The predicted octanol–water partition coefficient (Wildman–Crippen LogP) is 1.51. The van der Waals surface area contributed by atoms with E-state index in [1.807, 2.05) is 4.90 Å². The van der Waals surface area contributed by atoms with Gasteiger partial charge in [-0.2, -0.15) is 0 Å². The van der Waals surface area contributed by atoms with Gasteiger partial charge in [0, 0.05) is 32.1 Å². The lowest BCUT2D eigenvalue weighted by Gasteiger charge is -2.34. The number of para-hydroxylation sites is 1. The fraction of sp³-hybridized carbons (Fsp3) is 0.467. The molecule has 134 valence electrons. The topological polar surface area (TPSA) is 111 Å². The minimum Gasteiger partial charge on any atom is -0.366 e. The zero-order chi connectivity index (χ0) is 18.0. The first-order chi connectivity index (χ1) is 11.9. The van der Waals surface area contributed by atoms with E-state index in [0.717, 1.165) is 19.1 Å². The predicted molar refractivity (Wildman–Crippen MR) is 91.2 cm³/mol. The molecule has 1 fully saturated rings. The van der Waals surface area contributed by atoms with Crippen molar-refractivity contribution >= 4 is 21.2 Å². The minimum absolute atomic E-state index is 0.242. The smallest absolute Gasteiger partial charge is 0.311 e. The molecule has 0 saturated carbocycles. The first kappa shape index (κ1) is 17.3. The molecule has 0 radical (unpaired) electrons. The molecule has 1 aromatic carbocycles. The third kappa shape index (κ3) is 3.78. The maximum Gasteiger partial charge on any atom is 0.311 e. The second-order valence-electron chi connectivity index (χ2n) is 6.23. The number of hydrogen-bond acceptors (Lipinski definition) is 7. The Bertz CT molecular complexity index is 866. The molecule has 0 amide bonds. The van der Waals surface area contributed by atoms with E-state index in [1.54, 1.807) is 29.2 Å². The lowest BCUT2D eigenvalue weighted by Crippen LogP contribution is -2.37. The fourth-order valence-corrected chi connectivity index (χ4v) is 4.13. The van der Waals surface area contributed by atoms with Crippen molar-refractivity contribution in [3.8, 4) is 0 Å². The van der Waals surface area contributed by atoms with Crippen molar-refractivity contribution in [2.24, 2.45) is 5.92 Å². The molecular formula is C15H19N5O4S. The number of nitro benzene ring substituents is 1. The zero-order valence-corrected chi connectivity index (χ0v) is 14.6. The van der Waals surface area contributed by atoms with Crippen LogP contribution in [0.2, 0.25) is 0 Å². The summed E-state index contributed by atoms with van der Waals surface area (Å²) in [5.41, 5.74) is 0.0163. The number of nitro groups is 1. The Morgan fingerprint density at radius 2 is 2.20 bits per heavy atom. The van der Waals surface area contributed by atoms with E-state index in [4.69, 9.17) is 0 Å². The normalized spacial score (nSPS) is 18.3. The molecule has 1 aliphatic rings. The van der Waals surface area contributed by atoms with Crippen LogP contribution in [0.4, 0.5) is 11.4 Å². The van der Waals surface area contributed by atoms with Gasteiger partial charge < -0.3 is 4.90 Å². The summed E-state index contributed by atoms with van der Waals surface area (Å²) >= 11 is 0. The van der Waals surface area contributed by atoms with Crippen molar-refractivity contribution in [1.29, 1.82) is 0 Å². The van der Waals surface area contributed by atoms with Gasteiger partial charge in [-0.25, -0.2) is 8.42 Å². The molecule has 0 N–H and O–H groups in total. The number of hydrogen-bond donors (Lipinski definition) is 0. The Morgan fingerprint density at radius 3 is 2.84 bits per heavy atom. The molecule has 0 spiro atoms. The Balaban J connectivity index is 1.91. The quantitative estimate of drug-likeness (QED) is 0.583. The van der Waals surface area contributed by atoms with E-state index in [0.29, 0.717) is 25.3 Å². The van der Waals surface area contributed by atoms with Gasteiger partial charge in [0.2, 0.25) is 0 Å². The van der Waals surface area contributed by atoms with Gasteiger partial charge in [-0.1, -0.05) is 11.3 Å². The van der Waals surface area contributed by atoms with Crippen LogP contribution in [0.1, 0.15) is 12.8 Å². The second kappa shape index (κ2) is 6.79. The second-order valence-corrected chi connectivity index (χ2v) is 8.22. The number of nitrogens with zero attached hydrogens (tertiary/aromatic N) is 5. The van der Waals surface area contributed by atoms with Gasteiger partial charge in [-0.15, -0.1) is 5.10 Å². The summed E-state index contributed by atoms with van der Waals surface area (Å²) in [6.07, 6.45) is 6.24. The Hall–Kier alpha value is -2.49. The van der Waals surface area contributed by atoms with Gasteiger partial charge in [0.25, 0.3) is 0 Å². The summed E-state index contributed by atoms with van der Waals surface area (Å²) in [6.45, 7) is 1.94. The van der Waals surface area contributed by atoms with Gasteiger partial charge in [0.15, 0.2) is 9.84 Å². The number of aromatic nitrogens is 3. The molecule has 1 atom stereocenters. The van der Waals surface area contributed by atoms with Gasteiger partial charge in [-0.3, -0.25) is 14.8 Å². The van der Waals surface area contributed by atoms with Crippen molar-refractivity contribution in [3.05, 3.63) is 40.7 Å². The highest BCUT2D eigenvalue weighted by Gasteiger charge is 2.31. The highest BCUT2D eigenvalue weighted by molar-refractivity contribution is 7.90. The molecule has 1 aromatic heterocycles. The molecule has 9 nitrogen and oxygen atoms in total. The molecule has 1 saturated heterocycles. The third-order valence-electron chi connectivity index (χ3n) is 4.34. The Labute approximate surface area is 145 Å². The maximum atomic E-state index is 11.9. The molecule has 2 heterocycles. The molecule has 25 heavy (non-hydrogen) atoms. The monoisotopic (exact) mass is 365 g/mol. The van der Waals surface area contributed by atoms with Crippen LogP contribution in [0.3, 0.4) is 0 Å². The number of anilines is 1. The molecule has 3 rings (SSSR count). The van der Waals surface area contributed by atoms with E-state index in [2.05, 4.69) is 10.3 Å². The zero-order valence-electron chi connectivity index (χ0n) is 13.8. The van der Waals surface area contributed by atoms with E-state index in [1.165, 1.54) is 6.07 Å². The highest BCUT2D eigenvalue weighted by Crippen LogP contribution is 2.36. The van der Waals surface area contributed by atoms with Crippen molar-refractivity contribution in [3.63, 3.8) is 0 Å². The lowest BCUT2D eigenvalue weighted by atomic mass is 9.97. The average molecular weight is 365 g/mol. The van der Waals surface area contributed by atoms with Gasteiger partial charge in [0.1, 0.15) is 10.6 Å². The van der Waals surface area contributed by atoms with Crippen LogP contribution in [0.15, 0.2) is 35.5 Å². The Kier molecular flexibility index (Phi) is 4.71. The van der Waals surface area contributed by atoms with E-state index in [9.17, 15) is 18.5 Å². The van der Waals surface area contributed by atoms with Crippen molar-refractivity contribution in [2.45, 2.75) is 24.3 Å². The SMILES string of the molecule is CS(=O)(=O)c1cccc(N2CCCC(Cn3ccnn3)C2)c1[N+](=O)[O-]. The largest absolute Gasteiger partial charge is 0.366 e.